The van der Waals surface area contributed by atoms with Crippen LogP contribution in [0.4, 0.5) is 0 Å². The van der Waals surface area contributed by atoms with E-state index in [1.807, 2.05) is 30.3 Å². The lowest BCUT2D eigenvalue weighted by atomic mass is 10.1. The largest absolute Gasteiger partial charge is 0.480 e. The Hall–Kier alpha value is -3.68. The van der Waals surface area contributed by atoms with Crippen molar-refractivity contribution in [2.24, 2.45) is 0 Å². The standard InChI is InChI=1S/C20H21N5O3/c1-28-20-15(9-5-10-23-20)18(26)21-11-6-12-22-19(27)17-13-16(24-25-17)14-7-3-2-4-8-14/h2-5,7-10,13H,6,11-12H2,1H3,(H,21,26)(H,22,27)(H,24,25). The van der Waals surface area contributed by atoms with Crippen molar-refractivity contribution >= 4 is 11.8 Å². The van der Waals surface area contributed by atoms with Gasteiger partial charge in [-0.3, -0.25) is 14.7 Å². The molecule has 3 rings (SSSR count). The molecule has 0 saturated carbocycles. The van der Waals surface area contributed by atoms with E-state index in [4.69, 9.17) is 4.74 Å². The van der Waals surface area contributed by atoms with Crippen LogP contribution >= 0.6 is 0 Å². The number of ether oxygens (including phenoxy) is 1. The highest BCUT2D eigenvalue weighted by molar-refractivity contribution is 5.96. The van der Waals surface area contributed by atoms with Gasteiger partial charge in [0.25, 0.3) is 11.8 Å². The van der Waals surface area contributed by atoms with Crippen LogP contribution in [0.1, 0.15) is 27.3 Å². The van der Waals surface area contributed by atoms with Crippen LogP contribution in [0.2, 0.25) is 0 Å². The Balaban J connectivity index is 1.42. The van der Waals surface area contributed by atoms with Crippen molar-refractivity contribution in [2.45, 2.75) is 6.42 Å². The third-order valence-electron chi connectivity index (χ3n) is 4.03. The summed E-state index contributed by atoms with van der Waals surface area (Å²) in [6.07, 6.45) is 2.14. The zero-order valence-electron chi connectivity index (χ0n) is 15.4. The van der Waals surface area contributed by atoms with E-state index in [1.165, 1.54) is 7.11 Å². The molecule has 0 atom stereocenters. The minimum Gasteiger partial charge on any atom is -0.480 e. The fourth-order valence-electron chi connectivity index (χ4n) is 2.60. The highest BCUT2D eigenvalue weighted by atomic mass is 16.5. The van der Waals surface area contributed by atoms with E-state index >= 15 is 0 Å². The number of nitrogens with zero attached hydrogens (tertiary/aromatic N) is 2. The second-order valence-electron chi connectivity index (χ2n) is 5.96. The van der Waals surface area contributed by atoms with Gasteiger partial charge in [0.15, 0.2) is 0 Å². The van der Waals surface area contributed by atoms with Crippen LogP contribution in [0, 0.1) is 0 Å². The first-order valence-corrected chi connectivity index (χ1v) is 8.85. The summed E-state index contributed by atoms with van der Waals surface area (Å²) in [7, 11) is 1.47. The van der Waals surface area contributed by atoms with Gasteiger partial charge in [0, 0.05) is 24.8 Å². The number of benzene rings is 1. The summed E-state index contributed by atoms with van der Waals surface area (Å²) in [5.41, 5.74) is 2.41. The molecule has 2 heterocycles. The molecule has 0 fully saturated rings. The van der Waals surface area contributed by atoms with Crippen molar-refractivity contribution in [3.05, 3.63) is 66.0 Å². The number of amides is 2. The molecule has 0 aliphatic carbocycles. The van der Waals surface area contributed by atoms with E-state index < -0.39 is 0 Å². The van der Waals surface area contributed by atoms with Crippen molar-refractivity contribution in [2.75, 3.05) is 20.2 Å². The van der Waals surface area contributed by atoms with Crippen LogP contribution in [-0.2, 0) is 0 Å². The predicted molar refractivity (Wildman–Crippen MR) is 104 cm³/mol. The SMILES string of the molecule is COc1ncccc1C(=O)NCCCNC(=O)c1cc(-c2ccccc2)n[nH]1. The molecule has 0 spiro atoms. The van der Waals surface area contributed by atoms with Crippen molar-refractivity contribution < 1.29 is 14.3 Å². The molecule has 144 valence electrons. The van der Waals surface area contributed by atoms with Gasteiger partial charge in [-0.25, -0.2) is 4.98 Å². The molecular weight excluding hydrogens is 358 g/mol. The summed E-state index contributed by atoms with van der Waals surface area (Å²) in [5, 5.41) is 12.5. The normalized spacial score (nSPS) is 10.3. The maximum absolute atomic E-state index is 12.2. The maximum Gasteiger partial charge on any atom is 0.269 e. The summed E-state index contributed by atoms with van der Waals surface area (Å²) < 4.78 is 5.07. The molecule has 0 saturated heterocycles. The van der Waals surface area contributed by atoms with E-state index in [-0.39, 0.29) is 17.7 Å². The lowest BCUT2D eigenvalue weighted by Gasteiger charge is -2.08. The number of carbonyl (C=O) groups is 2. The molecule has 2 aromatic heterocycles. The van der Waals surface area contributed by atoms with Gasteiger partial charge in [0.1, 0.15) is 11.3 Å². The topological polar surface area (TPSA) is 109 Å². The molecule has 0 radical (unpaired) electrons. The van der Waals surface area contributed by atoms with Gasteiger partial charge in [-0.15, -0.1) is 0 Å². The minimum atomic E-state index is -0.266. The Bertz CT molecular complexity index is 940. The minimum absolute atomic E-state index is 0.241. The smallest absolute Gasteiger partial charge is 0.269 e. The number of H-pyrrole nitrogens is 1. The molecule has 0 aliphatic rings. The summed E-state index contributed by atoms with van der Waals surface area (Å²) in [6.45, 7) is 0.832. The molecule has 8 heteroatoms. The van der Waals surface area contributed by atoms with Gasteiger partial charge in [-0.2, -0.15) is 5.10 Å². The number of methoxy groups -OCH3 is 1. The quantitative estimate of drug-likeness (QED) is 0.519. The summed E-state index contributed by atoms with van der Waals surface area (Å²) >= 11 is 0. The van der Waals surface area contributed by atoms with Crippen LogP contribution in [-0.4, -0.2) is 47.2 Å². The Kier molecular flexibility index (Phi) is 6.35. The molecule has 0 bridgehead atoms. The first kappa shape index (κ1) is 19.1. The maximum atomic E-state index is 12.2. The molecule has 3 aromatic rings. The van der Waals surface area contributed by atoms with Crippen molar-refractivity contribution in [3.8, 4) is 17.1 Å². The first-order chi connectivity index (χ1) is 13.7. The monoisotopic (exact) mass is 379 g/mol. The molecule has 8 nitrogen and oxygen atoms in total. The number of nitrogens with one attached hydrogen (secondary N) is 3. The zero-order chi connectivity index (χ0) is 19.8. The lowest BCUT2D eigenvalue weighted by Crippen LogP contribution is -2.30. The van der Waals surface area contributed by atoms with Gasteiger partial charge in [-0.1, -0.05) is 30.3 Å². The number of carbonyl (C=O) groups excluding carboxylic acids is 2. The molecular formula is C20H21N5O3. The Morgan fingerprint density at radius 3 is 2.54 bits per heavy atom. The fourth-order valence-corrected chi connectivity index (χ4v) is 2.60. The van der Waals surface area contributed by atoms with E-state index in [0.717, 1.165) is 5.56 Å². The highest BCUT2D eigenvalue weighted by Gasteiger charge is 2.13. The Morgan fingerprint density at radius 2 is 1.79 bits per heavy atom. The van der Waals surface area contributed by atoms with Crippen LogP contribution in [0.3, 0.4) is 0 Å². The van der Waals surface area contributed by atoms with Crippen LogP contribution in [0.5, 0.6) is 5.88 Å². The zero-order valence-corrected chi connectivity index (χ0v) is 15.4. The van der Waals surface area contributed by atoms with Crippen molar-refractivity contribution in [3.63, 3.8) is 0 Å². The summed E-state index contributed by atoms with van der Waals surface area (Å²) in [5.74, 6) is -0.228. The molecule has 1 aromatic carbocycles. The second-order valence-corrected chi connectivity index (χ2v) is 5.96. The van der Waals surface area contributed by atoms with Gasteiger partial charge in [-0.05, 0) is 24.6 Å². The number of hydrogen-bond acceptors (Lipinski definition) is 5. The lowest BCUT2D eigenvalue weighted by molar-refractivity contribution is 0.0947. The Labute approximate surface area is 162 Å². The molecule has 28 heavy (non-hydrogen) atoms. The van der Waals surface area contributed by atoms with Crippen LogP contribution in [0.15, 0.2) is 54.7 Å². The third-order valence-corrected chi connectivity index (χ3v) is 4.03. The van der Waals surface area contributed by atoms with Gasteiger partial charge >= 0.3 is 0 Å². The molecule has 3 N–H and O–H groups in total. The van der Waals surface area contributed by atoms with Crippen molar-refractivity contribution in [1.82, 2.24) is 25.8 Å². The summed E-state index contributed by atoms with van der Waals surface area (Å²) in [6, 6.07) is 14.6. The molecule has 0 aliphatic heterocycles. The van der Waals surface area contributed by atoms with Gasteiger partial charge in [0.05, 0.1) is 12.8 Å². The number of rotatable bonds is 8. The highest BCUT2D eigenvalue weighted by Crippen LogP contribution is 2.16. The summed E-state index contributed by atoms with van der Waals surface area (Å²) in [4.78, 5) is 28.3. The second kappa shape index (κ2) is 9.31. The fraction of sp³-hybridized carbons (Fsp3) is 0.200. The van der Waals surface area contributed by atoms with E-state index in [1.54, 1.807) is 24.4 Å². The average molecular weight is 379 g/mol. The first-order valence-electron chi connectivity index (χ1n) is 8.85. The van der Waals surface area contributed by atoms with Crippen LogP contribution in [0.25, 0.3) is 11.3 Å². The van der Waals surface area contributed by atoms with Crippen molar-refractivity contribution in [1.29, 1.82) is 0 Å². The third kappa shape index (κ3) is 4.73. The van der Waals surface area contributed by atoms with Crippen LogP contribution < -0.4 is 15.4 Å². The Morgan fingerprint density at radius 1 is 1.04 bits per heavy atom. The number of pyridine rings is 1. The van der Waals surface area contributed by atoms with E-state index in [2.05, 4.69) is 25.8 Å². The van der Waals surface area contributed by atoms with Gasteiger partial charge < -0.3 is 15.4 Å². The average Bonchev–Trinajstić information content (AvgIpc) is 3.24. The van der Waals surface area contributed by atoms with E-state index in [9.17, 15) is 9.59 Å². The number of aromatic nitrogens is 3. The molecule has 2 amide bonds. The predicted octanol–water partition coefficient (Wildman–Crippen LogP) is 2.03. The number of hydrogen-bond donors (Lipinski definition) is 3. The molecule has 0 unspecified atom stereocenters. The van der Waals surface area contributed by atoms with E-state index in [0.29, 0.717) is 36.5 Å². The number of aromatic amines is 1. The van der Waals surface area contributed by atoms with Gasteiger partial charge in [0.2, 0.25) is 5.88 Å².